The number of benzene rings is 1. The van der Waals surface area contributed by atoms with Crippen molar-refractivity contribution in [2.45, 2.75) is 12.8 Å². The molecule has 0 saturated carbocycles. The number of ether oxygens (including phenoxy) is 1. The van der Waals surface area contributed by atoms with Crippen molar-refractivity contribution in [3.05, 3.63) is 23.8 Å². The maximum absolute atomic E-state index is 11.1. The van der Waals surface area contributed by atoms with E-state index in [4.69, 9.17) is 14.9 Å². The van der Waals surface area contributed by atoms with Crippen molar-refractivity contribution in [2.75, 3.05) is 31.2 Å². The minimum atomic E-state index is -0.968. The van der Waals surface area contributed by atoms with Crippen LogP contribution >= 0.6 is 0 Å². The lowest BCUT2D eigenvalue weighted by molar-refractivity contribution is 0.0692. The first-order valence-electron chi connectivity index (χ1n) is 6.09. The smallest absolute Gasteiger partial charge is 0.339 e. The van der Waals surface area contributed by atoms with Crippen molar-refractivity contribution in [3.8, 4) is 5.75 Å². The van der Waals surface area contributed by atoms with Crippen molar-refractivity contribution >= 4 is 11.7 Å². The number of anilines is 1. The topological polar surface area (TPSA) is 70.0 Å². The van der Waals surface area contributed by atoms with E-state index in [1.165, 1.54) is 0 Å². The van der Waals surface area contributed by atoms with E-state index < -0.39 is 5.97 Å². The number of rotatable bonds is 5. The Bertz CT molecular complexity index is 433. The Morgan fingerprint density at radius 3 is 2.94 bits per heavy atom. The van der Waals surface area contributed by atoms with Crippen molar-refractivity contribution in [3.63, 3.8) is 0 Å². The van der Waals surface area contributed by atoms with E-state index in [0.717, 1.165) is 31.6 Å². The second-order valence-electron chi connectivity index (χ2n) is 4.23. The summed E-state index contributed by atoms with van der Waals surface area (Å²) >= 11 is 0. The molecule has 1 aromatic rings. The number of para-hydroxylation sites is 1. The van der Waals surface area contributed by atoms with Crippen molar-refractivity contribution in [1.82, 2.24) is 0 Å². The fourth-order valence-corrected chi connectivity index (χ4v) is 2.12. The Morgan fingerprint density at radius 1 is 1.39 bits per heavy atom. The van der Waals surface area contributed by atoms with Gasteiger partial charge in [-0.3, -0.25) is 0 Å². The summed E-state index contributed by atoms with van der Waals surface area (Å²) in [7, 11) is 0. The quantitative estimate of drug-likeness (QED) is 0.773. The summed E-state index contributed by atoms with van der Waals surface area (Å²) in [6.07, 6.45) is 1.64. The number of hydrogen-bond acceptors (Lipinski definition) is 4. The first kappa shape index (κ1) is 12.7. The van der Waals surface area contributed by atoms with Crippen LogP contribution in [0.3, 0.4) is 0 Å². The van der Waals surface area contributed by atoms with Gasteiger partial charge < -0.3 is 19.8 Å². The fourth-order valence-electron chi connectivity index (χ4n) is 2.12. The van der Waals surface area contributed by atoms with Crippen LogP contribution in [0.1, 0.15) is 23.2 Å². The Labute approximate surface area is 106 Å². The molecule has 2 N–H and O–H groups in total. The average Bonchev–Trinajstić information content (AvgIpc) is 2.38. The van der Waals surface area contributed by atoms with Crippen LogP contribution in [0.5, 0.6) is 5.75 Å². The molecule has 18 heavy (non-hydrogen) atoms. The Hall–Kier alpha value is -1.75. The van der Waals surface area contributed by atoms with E-state index in [-0.39, 0.29) is 12.2 Å². The molecule has 1 heterocycles. The van der Waals surface area contributed by atoms with Crippen LogP contribution in [0.25, 0.3) is 0 Å². The van der Waals surface area contributed by atoms with Gasteiger partial charge in [-0.2, -0.15) is 0 Å². The standard InChI is InChI=1S/C13H17NO4/c15-8-2-1-6-14-7-9-18-12-10(13(16)17)4-3-5-11(12)14/h3-5,15H,1-2,6-9H2,(H,16,17). The minimum absolute atomic E-state index is 0.187. The highest BCUT2D eigenvalue weighted by molar-refractivity contribution is 5.93. The molecule has 0 aromatic heterocycles. The highest BCUT2D eigenvalue weighted by atomic mass is 16.5. The average molecular weight is 251 g/mol. The fraction of sp³-hybridized carbons (Fsp3) is 0.462. The molecule has 5 heteroatoms. The highest BCUT2D eigenvalue weighted by Crippen LogP contribution is 2.34. The number of aliphatic hydroxyl groups excluding tert-OH is 1. The zero-order valence-corrected chi connectivity index (χ0v) is 10.1. The third-order valence-corrected chi connectivity index (χ3v) is 3.01. The maximum atomic E-state index is 11.1. The molecular formula is C13H17NO4. The van der Waals surface area contributed by atoms with Crippen LogP contribution in [0, 0.1) is 0 Å². The second kappa shape index (κ2) is 5.73. The van der Waals surface area contributed by atoms with Gasteiger partial charge in [0.25, 0.3) is 0 Å². The Balaban J connectivity index is 2.21. The van der Waals surface area contributed by atoms with Crippen LogP contribution in [0.15, 0.2) is 18.2 Å². The molecule has 0 unspecified atom stereocenters. The molecule has 5 nitrogen and oxygen atoms in total. The summed E-state index contributed by atoms with van der Waals surface area (Å²) < 4.78 is 5.48. The summed E-state index contributed by atoms with van der Waals surface area (Å²) in [5.41, 5.74) is 1.04. The van der Waals surface area contributed by atoms with Crippen molar-refractivity contribution in [1.29, 1.82) is 0 Å². The molecule has 0 amide bonds. The number of hydrogen-bond donors (Lipinski definition) is 2. The van der Waals surface area contributed by atoms with Gasteiger partial charge in [0.1, 0.15) is 12.2 Å². The molecule has 98 valence electrons. The summed E-state index contributed by atoms with van der Waals surface area (Å²) in [5.74, 6) is -0.510. The summed E-state index contributed by atoms with van der Waals surface area (Å²) in [5, 5.41) is 17.9. The molecule has 1 aliphatic heterocycles. The molecule has 0 atom stereocenters. The van der Waals surface area contributed by atoms with Crippen molar-refractivity contribution < 1.29 is 19.7 Å². The number of carbonyl (C=O) groups is 1. The molecular weight excluding hydrogens is 234 g/mol. The lowest BCUT2D eigenvalue weighted by atomic mass is 10.1. The summed E-state index contributed by atoms with van der Waals surface area (Å²) in [6.45, 7) is 2.24. The van der Waals surface area contributed by atoms with Crippen LogP contribution in [-0.2, 0) is 0 Å². The number of carboxylic acids is 1. The highest BCUT2D eigenvalue weighted by Gasteiger charge is 2.23. The number of unbranched alkanes of at least 4 members (excludes halogenated alkanes) is 1. The third kappa shape index (κ3) is 2.56. The molecule has 0 saturated heterocycles. The molecule has 0 bridgehead atoms. The molecule has 1 aliphatic rings. The number of aliphatic hydroxyl groups is 1. The molecule has 1 aromatic carbocycles. The predicted octanol–water partition coefficient (Wildman–Crippen LogP) is 1.36. The minimum Gasteiger partial charge on any atom is -0.489 e. The number of nitrogens with zero attached hydrogens (tertiary/aromatic N) is 1. The normalized spacial score (nSPS) is 13.9. The van der Waals surface area contributed by atoms with Gasteiger partial charge in [-0.05, 0) is 25.0 Å². The molecule has 0 aliphatic carbocycles. The molecule has 0 fully saturated rings. The van der Waals surface area contributed by atoms with Crippen LogP contribution in [-0.4, -0.2) is 42.5 Å². The van der Waals surface area contributed by atoms with E-state index in [1.807, 2.05) is 6.07 Å². The molecule has 0 radical (unpaired) electrons. The SMILES string of the molecule is O=C(O)c1cccc2c1OCCN2CCCCO. The van der Waals surface area contributed by atoms with E-state index in [9.17, 15) is 4.79 Å². The summed E-state index contributed by atoms with van der Waals surface area (Å²) in [4.78, 5) is 13.2. The van der Waals surface area contributed by atoms with Crippen LogP contribution < -0.4 is 9.64 Å². The Kier molecular flexibility index (Phi) is 4.04. The van der Waals surface area contributed by atoms with Gasteiger partial charge in [-0.25, -0.2) is 4.79 Å². The monoisotopic (exact) mass is 251 g/mol. The number of aromatic carboxylic acids is 1. The maximum Gasteiger partial charge on any atom is 0.339 e. The summed E-state index contributed by atoms with van der Waals surface area (Å²) in [6, 6.07) is 5.16. The predicted molar refractivity (Wildman–Crippen MR) is 67.4 cm³/mol. The second-order valence-corrected chi connectivity index (χ2v) is 4.23. The van der Waals surface area contributed by atoms with Gasteiger partial charge >= 0.3 is 5.97 Å². The van der Waals surface area contributed by atoms with E-state index in [2.05, 4.69) is 4.90 Å². The van der Waals surface area contributed by atoms with Gasteiger partial charge in [0.05, 0.1) is 12.2 Å². The van der Waals surface area contributed by atoms with E-state index in [1.54, 1.807) is 12.1 Å². The number of carboxylic acid groups (broad SMARTS) is 1. The van der Waals surface area contributed by atoms with Gasteiger partial charge in [0, 0.05) is 13.2 Å². The Morgan fingerprint density at radius 2 is 2.22 bits per heavy atom. The van der Waals surface area contributed by atoms with Crippen LogP contribution in [0.4, 0.5) is 5.69 Å². The van der Waals surface area contributed by atoms with Gasteiger partial charge in [-0.1, -0.05) is 6.07 Å². The van der Waals surface area contributed by atoms with Gasteiger partial charge in [0.2, 0.25) is 0 Å². The lowest BCUT2D eigenvalue weighted by Gasteiger charge is -2.31. The van der Waals surface area contributed by atoms with E-state index >= 15 is 0 Å². The van der Waals surface area contributed by atoms with Gasteiger partial charge in [0.15, 0.2) is 5.75 Å². The first-order valence-corrected chi connectivity index (χ1v) is 6.09. The van der Waals surface area contributed by atoms with Crippen molar-refractivity contribution in [2.24, 2.45) is 0 Å². The zero-order chi connectivity index (χ0) is 13.0. The first-order chi connectivity index (χ1) is 8.74. The zero-order valence-electron chi connectivity index (χ0n) is 10.1. The molecule has 2 rings (SSSR count). The van der Waals surface area contributed by atoms with E-state index in [0.29, 0.717) is 12.4 Å². The lowest BCUT2D eigenvalue weighted by Crippen LogP contribution is -2.34. The van der Waals surface area contributed by atoms with Gasteiger partial charge in [-0.15, -0.1) is 0 Å². The number of fused-ring (bicyclic) bond motifs is 1. The van der Waals surface area contributed by atoms with Crippen LogP contribution in [0.2, 0.25) is 0 Å². The largest absolute Gasteiger partial charge is 0.489 e. The molecule has 0 spiro atoms. The third-order valence-electron chi connectivity index (χ3n) is 3.01.